The Morgan fingerprint density at radius 2 is 1.96 bits per heavy atom. The molecule has 0 fully saturated rings. The Morgan fingerprint density at radius 1 is 1.24 bits per heavy atom. The Morgan fingerprint density at radius 3 is 2.60 bits per heavy atom. The van der Waals surface area contributed by atoms with E-state index in [9.17, 15) is 22.8 Å². The largest absolute Gasteiger partial charge is 0.452 e. The summed E-state index contributed by atoms with van der Waals surface area (Å²) in [7, 11) is -3.80. The number of hydrogen-bond donors (Lipinski definition) is 2. The first kappa shape index (κ1) is 20.3. The van der Waals surface area contributed by atoms with E-state index in [2.05, 4.69) is 16.0 Å². The van der Waals surface area contributed by atoms with Crippen LogP contribution in [0.25, 0.3) is 0 Å². The molecule has 1 aromatic rings. The highest BCUT2D eigenvalue weighted by Crippen LogP contribution is 2.12. The molecule has 0 radical (unpaired) electrons. The fourth-order valence-electron chi connectivity index (χ4n) is 1.57. The Labute approximate surface area is 145 Å². The molecule has 0 unspecified atom stereocenters. The van der Waals surface area contributed by atoms with Gasteiger partial charge in [0, 0.05) is 6.54 Å². The van der Waals surface area contributed by atoms with Crippen molar-refractivity contribution in [2.75, 3.05) is 19.8 Å². The molecule has 10 heteroatoms. The number of ether oxygens (including phenoxy) is 2. The summed E-state index contributed by atoms with van der Waals surface area (Å²) in [5.41, 5.74) is -0.0644. The van der Waals surface area contributed by atoms with Crippen molar-refractivity contribution in [3.05, 3.63) is 42.5 Å². The number of carbonyl (C=O) groups excluding carboxylic acids is 3. The number of nitrogens with one attached hydrogen (secondary N) is 2. The third-order valence-corrected chi connectivity index (χ3v) is 4.07. The zero-order valence-electron chi connectivity index (χ0n) is 13.5. The highest BCUT2D eigenvalue weighted by atomic mass is 32.2. The smallest absolute Gasteiger partial charge is 0.413 e. The number of benzene rings is 1. The van der Waals surface area contributed by atoms with Crippen molar-refractivity contribution < 1.29 is 32.3 Å². The number of hydrogen-bond acceptors (Lipinski definition) is 7. The van der Waals surface area contributed by atoms with Gasteiger partial charge in [0.15, 0.2) is 6.61 Å². The molecule has 0 saturated heterocycles. The summed E-state index contributed by atoms with van der Waals surface area (Å²) >= 11 is 0. The third-order valence-electron chi connectivity index (χ3n) is 2.65. The standard InChI is InChI=1S/C15H18N2O7S/c1-3-8-16-25(21,22)12-7-5-6-11(9-12)14(19)24-10-13(18)17-15(20)23-4-2/h3,5-7,9,16H,1,4,8,10H2,2H3,(H,17,18,20). The third kappa shape index (κ3) is 6.73. The Kier molecular flexibility index (Phi) is 7.76. The summed E-state index contributed by atoms with van der Waals surface area (Å²) < 4.78 is 35.5. The highest BCUT2D eigenvalue weighted by molar-refractivity contribution is 7.89. The maximum atomic E-state index is 12.0. The van der Waals surface area contributed by atoms with Gasteiger partial charge in [0.1, 0.15) is 0 Å². The molecule has 1 aromatic carbocycles. The zero-order valence-corrected chi connectivity index (χ0v) is 14.3. The van der Waals surface area contributed by atoms with Gasteiger partial charge in [0.05, 0.1) is 17.1 Å². The molecule has 0 saturated carbocycles. The van der Waals surface area contributed by atoms with Crippen LogP contribution in [0, 0.1) is 0 Å². The van der Waals surface area contributed by atoms with Crippen molar-refractivity contribution >= 4 is 28.0 Å². The second-order valence-electron chi connectivity index (χ2n) is 4.51. The van der Waals surface area contributed by atoms with Gasteiger partial charge >= 0.3 is 12.1 Å². The fraction of sp³-hybridized carbons (Fsp3) is 0.267. The van der Waals surface area contributed by atoms with Crippen LogP contribution in [0.15, 0.2) is 41.8 Å². The van der Waals surface area contributed by atoms with E-state index in [1.807, 2.05) is 5.32 Å². The molecule has 2 N–H and O–H groups in total. The van der Waals surface area contributed by atoms with Crippen LogP contribution in [0.5, 0.6) is 0 Å². The summed E-state index contributed by atoms with van der Waals surface area (Å²) in [4.78, 5) is 34.2. The zero-order chi connectivity index (χ0) is 18.9. The SMILES string of the molecule is C=CCNS(=O)(=O)c1cccc(C(=O)OCC(=O)NC(=O)OCC)c1. The van der Waals surface area contributed by atoms with Crippen molar-refractivity contribution in [2.45, 2.75) is 11.8 Å². The van der Waals surface area contributed by atoms with Crippen molar-refractivity contribution in [3.63, 3.8) is 0 Å². The number of rotatable bonds is 8. The van der Waals surface area contributed by atoms with E-state index in [1.54, 1.807) is 6.92 Å². The lowest BCUT2D eigenvalue weighted by Gasteiger charge is -2.08. The molecular weight excluding hydrogens is 352 g/mol. The number of imide groups is 1. The lowest BCUT2D eigenvalue weighted by molar-refractivity contribution is -0.123. The maximum absolute atomic E-state index is 12.0. The van der Waals surface area contributed by atoms with Crippen LogP contribution in [0.2, 0.25) is 0 Å². The minimum absolute atomic E-state index is 0.0328. The quantitative estimate of drug-likeness (QED) is 0.506. The second-order valence-corrected chi connectivity index (χ2v) is 6.28. The molecule has 1 rings (SSSR count). The van der Waals surface area contributed by atoms with Crippen LogP contribution in [-0.2, 0) is 24.3 Å². The molecule has 136 valence electrons. The van der Waals surface area contributed by atoms with Crippen molar-refractivity contribution in [1.29, 1.82) is 0 Å². The average molecular weight is 370 g/mol. The molecular formula is C15H18N2O7S. The number of alkyl carbamates (subject to hydrolysis) is 1. The molecule has 0 aromatic heterocycles. The molecule has 25 heavy (non-hydrogen) atoms. The van der Waals surface area contributed by atoms with Crippen LogP contribution in [-0.4, -0.2) is 46.1 Å². The van der Waals surface area contributed by atoms with Gasteiger partial charge in [-0.3, -0.25) is 10.1 Å². The Bertz CT molecular complexity index is 759. The number of carbonyl (C=O) groups is 3. The van der Waals surface area contributed by atoms with Gasteiger partial charge in [-0.05, 0) is 25.1 Å². The fourth-order valence-corrected chi connectivity index (χ4v) is 2.62. The topological polar surface area (TPSA) is 128 Å². The molecule has 0 aliphatic rings. The normalized spacial score (nSPS) is 10.6. The molecule has 0 aliphatic carbocycles. The van der Waals surface area contributed by atoms with Crippen LogP contribution in [0.4, 0.5) is 4.79 Å². The molecule has 0 heterocycles. The van der Waals surface area contributed by atoms with Gasteiger partial charge < -0.3 is 9.47 Å². The monoisotopic (exact) mass is 370 g/mol. The van der Waals surface area contributed by atoms with Crippen LogP contribution < -0.4 is 10.0 Å². The van der Waals surface area contributed by atoms with Crippen molar-refractivity contribution in [1.82, 2.24) is 10.0 Å². The summed E-state index contributed by atoms with van der Waals surface area (Å²) in [5.74, 6) is -1.79. The predicted octanol–water partition coefficient (Wildman–Crippen LogP) is 0.580. The van der Waals surface area contributed by atoms with E-state index in [0.717, 1.165) is 6.07 Å². The first-order chi connectivity index (χ1) is 11.8. The van der Waals surface area contributed by atoms with Crippen LogP contribution in [0.1, 0.15) is 17.3 Å². The van der Waals surface area contributed by atoms with E-state index in [1.165, 1.54) is 24.3 Å². The summed E-state index contributed by atoms with van der Waals surface area (Å²) in [5, 5.41) is 1.85. The number of amides is 2. The van der Waals surface area contributed by atoms with E-state index in [4.69, 9.17) is 4.74 Å². The molecule has 0 spiro atoms. The van der Waals surface area contributed by atoms with E-state index >= 15 is 0 Å². The lowest BCUT2D eigenvalue weighted by Crippen LogP contribution is -2.34. The summed E-state index contributed by atoms with van der Waals surface area (Å²) in [6.45, 7) is 4.37. The van der Waals surface area contributed by atoms with Gasteiger partial charge in [0.25, 0.3) is 5.91 Å². The van der Waals surface area contributed by atoms with Gasteiger partial charge in [-0.15, -0.1) is 6.58 Å². The van der Waals surface area contributed by atoms with Gasteiger partial charge in [0.2, 0.25) is 10.0 Å². The minimum atomic E-state index is -3.80. The molecule has 2 amide bonds. The lowest BCUT2D eigenvalue weighted by atomic mass is 10.2. The summed E-state index contributed by atoms with van der Waals surface area (Å²) in [6.07, 6.45) is 0.419. The molecule has 0 bridgehead atoms. The molecule has 0 atom stereocenters. The van der Waals surface area contributed by atoms with Crippen LogP contribution in [0.3, 0.4) is 0 Å². The highest BCUT2D eigenvalue weighted by Gasteiger charge is 2.17. The summed E-state index contributed by atoms with van der Waals surface area (Å²) in [6, 6.07) is 5.10. The Hall–Kier alpha value is -2.72. The Balaban J connectivity index is 2.71. The second kappa shape index (κ2) is 9.55. The average Bonchev–Trinajstić information content (AvgIpc) is 2.58. The van der Waals surface area contributed by atoms with Gasteiger partial charge in [-0.1, -0.05) is 12.1 Å². The molecule has 0 aliphatic heterocycles. The predicted molar refractivity (Wildman–Crippen MR) is 87.3 cm³/mol. The maximum Gasteiger partial charge on any atom is 0.413 e. The van der Waals surface area contributed by atoms with Crippen LogP contribution >= 0.6 is 0 Å². The van der Waals surface area contributed by atoms with E-state index < -0.39 is 34.6 Å². The van der Waals surface area contributed by atoms with E-state index in [-0.39, 0.29) is 23.6 Å². The first-order valence-electron chi connectivity index (χ1n) is 7.14. The first-order valence-corrected chi connectivity index (χ1v) is 8.62. The number of esters is 1. The van der Waals surface area contributed by atoms with Crippen molar-refractivity contribution in [2.24, 2.45) is 0 Å². The van der Waals surface area contributed by atoms with Crippen molar-refractivity contribution in [3.8, 4) is 0 Å². The number of sulfonamides is 1. The molecule has 9 nitrogen and oxygen atoms in total. The van der Waals surface area contributed by atoms with E-state index in [0.29, 0.717) is 0 Å². The van der Waals surface area contributed by atoms with Gasteiger partial charge in [-0.25, -0.2) is 22.7 Å². The van der Waals surface area contributed by atoms with Gasteiger partial charge in [-0.2, -0.15) is 0 Å². The minimum Gasteiger partial charge on any atom is -0.452 e.